The lowest BCUT2D eigenvalue weighted by molar-refractivity contribution is -0.384. The second-order valence-electron chi connectivity index (χ2n) is 5.83. The molecule has 2 unspecified atom stereocenters. The summed E-state index contributed by atoms with van der Waals surface area (Å²) in [6.07, 6.45) is 4.80. The molecule has 2 fully saturated rings. The molecule has 0 spiro atoms. The highest BCUT2D eigenvalue weighted by Crippen LogP contribution is 2.37. The number of nitro groups is 1. The van der Waals surface area contributed by atoms with Gasteiger partial charge < -0.3 is 9.80 Å². The number of aromatic nitrogens is 1. The van der Waals surface area contributed by atoms with Gasteiger partial charge in [0.1, 0.15) is 0 Å². The van der Waals surface area contributed by atoms with Gasteiger partial charge in [-0.05, 0) is 30.7 Å². The van der Waals surface area contributed by atoms with E-state index in [4.69, 9.17) is 0 Å². The number of fused-ring (bicyclic) bond motifs is 2. The first kappa shape index (κ1) is 13.1. The molecule has 0 aliphatic carbocycles. The summed E-state index contributed by atoms with van der Waals surface area (Å²) in [6, 6.07) is 12.0. The fourth-order valence-corrected chi connectivity index (χ4v) is 3.60. The van der Waals surface area contributed by atoms with Crippen molar-refractivity contribution in [2.24, 2.45) is 0 Å². The Labute approximate surface area is 128 Å². The zero-order valence-electron chi connectivity index (χ0n) is 12.0. The number of hydrogen-bond acceptors (Lipinski definition) is 5. The molecule has 112 valence electrons. The molecule has 6 heteroatoms. The molecule has 3 heterocycles. The van der Waals surface area contributed by atoms with Gasteiger partial charge in [0.15, 0.2) is 0 Å². The lowest BCUT2D eigenvalue weighted by Gasteiger charge is -2.36. The molecule has 0 radical (unpaired) electrons. The van der Waals surface area contributed by atoms with Crippen LogP contribution in [0, 0.1) is 10.1 Å². The molecule has 22 heavy (non-hydrogen) atoms. The van der Waals surface area contributed by atoms with Crippen molar-refractivity contribution in [3.05, 3.63) is 58.9 Å². The number of pyridine rings is 1. The quantitative estimate of drug-likeness (QED) is 0.643. The Morgan fingerprint density at radius 1 is 0.955 bits per heavy atom. The summed E-state index contributed by atoms with van der Waals surface area (Å²) in [6.45, 7) is 1.95. The Kier molecular flexibility index (Phi) is 2.96. The summed E-state index contributed by atoms with van der Waals surface area (Å²) in [5, 5.41) is 10.7. The van der Waals surface area contributed by atoms with Crippen molar-refractivity contribution < 1.29 is 4.92 Å². The maximum atomic E-state index is 10.7. The number of nitro benzene ring substituents is 1. The van der Waals surface area contributed by atoms with Crippen LogP contribution in [0.3, 0.4) is 0 Å². The smallest absolute Gasteiger partial charge is 0.269 e. The van der Waals surface area contributed by atoms with E-state index in [2.05, 4.69) is 26.9 Å². The van der Waals surface area contributed by atoms with E-state index in [1.807, 2.05) is 24.5 Å². The third-order valence-corrected chi connectivity index (χ3v) is 4.63. The molecular formula is C16H16N4O2. The zero-order valence-corrected chi connectivity index (χ0v) is 12.0. The van der Waals surface area contributed by atoms with Crippen molar-refractivity contribution in [1.29, 1.82) is 0 Å². The molecule has 2 aliphatic rings. The second kappa shape index (κ2) is 4.98. The first-order valence-corrected chi connectivity index (χ1v) is 7.40. The first-order chi connectivity index (χ1) is 10.7. The number of non-ortho nitro benzene ring substituents is 1. The largest absolute Gasteiger partial charge is 0.365 e. The molecule has 6 nitrogen and oxygen atoms in total. The number of nitrogens with zero attached hydrogens (tertiary/aromatic N) is 4. The van der Waals surface area contributed by atoms with Crippen molar-refractivity contribution in [2.45, 2.75) is 18.5 Å². The van der Waals surface area contributed by atoms with Crippen molar-refractivity contribution in [2.75, 3.05) is 22.9 Å². The standard InChI is InChI=1S/C16H16N4O2/c21-20(22)14-3-1-12(2-4-14)18-10-16-9-15(18)11-19(16)13-5-7-17-8-6-13/h1-8,15-16H,9-11H2. The van der Waals surface area contributed by atoms with Crippen molar-refractivity contribution >= 4 is 17.1 Å². The van der Waals surface area contributed by atoms with E-state index in [1.165, 1.54) is 5.69 Å². The molecule has 1 aromatic carbocycles. The highest BCUT2D eigenvalue weighted by Gasteiger charge is 2.43. The Bertz CT molecular complexity index is 689. The van der Waals surface area contributed by atoms with Gasteiger partial charge in [-0.15, -0.1) is 0 Å². The van der Waals surface area contributed by atoms with Crippen LogP contribution in [0.2, 0.25) is 0 Å². The predicted octanol–water partition coefficient (Wildman–Crippen LogP) is 2.46. The summed E-state index contributed by atoms with van der Waals surface area (Å²) in [4.78, 5) is 19.3. The fraction of sp³-hybridized carbons (Fsp3) is 0.312. The number of piperazine rings is 1. The summed E-state index contributed by atoms with van der Waals surface area (Å²) >= 11 is 0. The zero-order chi connectivity index (χ0) is 15.1. The van der Waals surface area contributed by atoms with Gasteiger partial charge in [0, 0.05) is 61.1 Å². The van der Waals surface area contributed by atoms with E-state index < -0.39 is 0 Å². The summed E-state index contributed by atoms with van der Waals surface area (Å²) in [7, 11) is 0. The van der Waals surface area contributed by atoms with Crippen molar-refractivity contribution in [1.82, 2.24) is 4.98 Å². The fourth-order valence-electron chi connectivity index (χ4n) is 3.60. The maximum absolute atomic E-state index is 10.7. The highest BCUT2D eigenvalue weighted by molar-refractivity contribution is 5.58. The summed E-state index contributed by atoms with van der Waals surface area (Å²) < 4.78 is 0. The van der Waals surface area contributed by atoms with Gasteiger partial charge in [-0.3, -0.25) is 15.1 Å². The number of anilines is 2. The molecule has 2 aliphatic heterocycles. The van der Waals surface area contributed by atoms with E-state index in [-0.39, 0.29) is 10.6 Å². The van der Waals surface area contributed by atoms with Crippen LogP contribution < -0.4 is 9.80 Å². The minimum absolute atomic E-state index is 0.145. The van der Waals surface area contributed by atoms with E-state index in [0.29, 0.717) is 12.1 Å². The molecule has 0 saturated carbocycles. The number of hydrogen-bond donors (Lipinski definition) is 0. The average Bonchev–Trinajstić information content (AvgIpc) is 3.16. The van der Waals surface area contributed by atoms with Crippen LogP contribution in [-0.4, -0.2) is 35.1 Å². The molecule has 2 bridgehead atoms. The number of benzene rings is 1. The molecule has 0 N–H and O–H groups in total. The van der Waals surface area contributed by atoms with Gasteiger partial charge in [0.2, 0.25) is 0 Å². The van der Waals surface area contributed by atoms with Gasteiger partial charge in [-0.2, -0.15) is 0 Å². The minimum Gasteiger partial charge on any atom is -0.365 e. The molecule has 0 amide bonds. The van der Waals surface area contributed by atoms with Crippen LogP contribution in [0.15, 0.2) is 48.8 Å². The highest BCUT2D eigenvalue weighted by atomic mass is 16.6. The molecule has 4 rings (SSSR count). The van der Waals surface area contributed by atoms with Crippen molar-refractivity contribution in [3.63, 3.8) is 0 Å². The van der Waals surface area contributed by atoms with Crippen LogP contribution in [-0.2, 0) is 0 Å². The predicted molar refractivity (Wildman–Crippen MR) is 84.2 cm³/mol. The molecule has 2 atom stereocenters. The third kappa shape index (κ3) is 2.07. The lowest BCUT2D eigenvalue weighted by atomic mass is 10.2. The van der Waals surface area contributed by atoms with Gasteiger partial charge in [-0.25, -0.2) is 0 Å². The Balaban J connectivity index is 1.51. The van der Waals surface area contributed by atoms with Crippen LogP contribution in [0.5, 0.6) is 0 Å². The molecule has 1 aromatic heterocycles. The van der Waals surface area contributed by atoms with E-state index >= 15 is 0 Å². The van der Waals surface area contributed by atoms with Crippen LogP contribution >= 0.6 is 0 Å². The molecule has 2 saturated heterocycles. The van der Waals surface area contributed by atoms with E-state index in [1.54, 1.807) is 12.1 Å². The second-order valence-corrected chi connectivity index (χ2v) is 5.83. The van der Waals surface area contributed by atoms with E-state index in [9.17, 15) is 10.1 Å². The SMILES string of the molecule is O=[N+]([O-])c1ccc(N2CC3CC2CN3c2ccncc2)cc1. The minimum atomic E-state index is -0.356. The maximum Gasteiger partial charge on any atom is 0.269 e. The van der Waals surface area contributed by atoms with Crippen LogP contribution in [0.25, 0.3) is 0 Å². The van der Waals surface area contributed by atoms with Crippen molar-refractivity contribution in [3.8, 4) is 0 Å². The normalized spacial score (nSPS) is 23.1. The van der Waals surface area contributed by atoms with Crippen LogP contribution in [0.4, 0.5) is 17.1 Å². The molecule has 2 aromatic rings. The van der Waals surface area contributed by atoms with Gasteiger partial charge in [0.25, 0.3) is 5.69 Å². The number of rotatable bonds is 3. The van der Waals surface area contributed by atoms with Gasteiger partial charge in [-0.1, -0.05) is 0 Å². The Morgan fingerprint density at radius 2 is 1.50 bits per heavy atom. The molecular weight excluding hydrogens is 280 g/mol. The van der Waals surface area contributed by atoms with Gasteiger partial charge >= 0.3 is 0 Å². The summed E-state index contributed by atoms with van der Waals surface area (Å²) in [5.41, 5.74) is 2.45. The van der Waals surface area contributed by atoms with E-state index in [0.717, 1.165) is 25.2 Å². The first-order valence-electron chi connectivity index (χ1n) is 7.40. The van der Waals surface area contributed by atoms with Crippen LogP contribution in [0.1, 0.15) is 6.42 Å². The topological polar surface area (TPSA) is 62.5 Å². The third-order valence-electron chi connectivity index (χ3n) is 4.63. The average molecular weight is 296 g/mol. The van der Waals surface area contributed by atoms with Gasteiger partial charge in [0.05, 0.1) is 4.92 Å². The Morgan fingerprint density at radius 3 is 2.00 bits per heavy atom. The monoisotopic (exact) mass is 296 g/mol. The lowest BCUT2D eigenvalue weighted by Crippen LogP contribution is -2.46. The summed E-state index contributed by atoms with van der Waals surface area (Å²) in [5.74, 6) is 0. The Hall–Kier alpha value is -2.63.